The first-order chi connectivity index (χ1) is 8.19. The lowest BCUT2D eigenvalue weighted by Gasteiger charge is -2.08. The molecule has 0 spiro atoms. The Kier molecular flexibility index (Phi) is 3.61. The number of hydrogen-bond donors (Lipinski definition) is 3. The molecule has 0 unspecified atom stereocenters. The van der Waals surface area contributed by atoms with Gasteiger partial charge in [0.25, 0.3) is 0 Å². The maximum atomic E-state index is 5.68. The normalized spacial score (nSPS) is 15.5. The number of aromatic nitrogens is 2. The zero-order valence-electron chi connectivity index (χ0n) is 9.28. The van der Waals surface area contributed by atoms with E-state index in [1.807, 2.05) is 6.08 Å². The van der Waals surface area contributed by atoms with Crippen molar-refractivity contribution >= 4 is 17.4 Å². The Balaban J connectivity index is 2.01. The van der Waals surface area contributed by atoms with Crippen LogP contribution in [0, 0.1) is 5.92 Å². The van der Waals surface area contributed by atoms with Gasteiger partial charge in [-0.25, -0.2) is 9.97 Å². The molecule has 0 atom stereocenters. The van der Waals surface area contributed by atoms with Crippen LogP contribution in [-0.2, 0) is 0 Å². The summed E-state index contributed by atoms with van der Waals surface area (Å²) in [5, 5.41) is 3.23. The molecule has 17 heavy (non-hydrogen) atoms. The van der Waals surface area contributed by atoms with E-state index in [0.717, 1.165) is 5.70 Å². The second-order valence-corrected chi connectivity index (χ2v) is 4.22. The minimum absolute atomic E-state index is 0.200. The summed E-state index contributed by atoms with van der Waals surface area (Å²) in [6, 6.07) is 1.72. The molecule has 4 N–H and O–H groups in total. The van der Waals surface area contributed by atoms with Crippen molar-refractivity contribution in [2.75, 3.05) is 5.32 Å². The van der Waals surface area contributed by atoms with E-state index in [4.69, 9.17) is 17.4 Å². The summed E-state index contributed by atoms with van der Waals surface area (Å²) in [6.07, 6.45) is 5.80. The second kappa shape index (κ2) is 5.16. The zero-order valence-corrected chi connectivity index (χ0v) is 10.0. The Morgan fingerprint density at radius 1 is 1.59 bits per heavy atom. The fourth-order valence-electron chi connectivity index (χ4n) is 1.46. The molecule has 2 rings (SSSR count). The first kappa shape index (κ1) is 11.9. The molecule has 0 radical (unpaired) electrons. The van der Waals surface area contributed by atoms with Crippen LogP contribution in [0.25, 0.3) is 0 Å². The molecule has 1 saturated carbocycles. The molecule has 0 amide bonds. The van der Waals surface area contributed by atoms with E-state index in [1.165, 1.54) is 12.8 Å². The van der Waals surface area contributed by atoms with Crippen molar-refractivity contribution in [2.24, 2.45) is 11.8 Å². The van der Waals surface area contributed by atoms with Crippen molar-refractivity contribution < 1.29 is 0 Å². The van der Waals surface area contributed by atoms with Gasteiger partial charge < -0.3 is 10.7 Å². The van der Waals surface area contributed by atoms with Crippen LogP contribution in [0.15, 0.2) is 36.3 Å². The van der Waals surface area contributed by atoms with Crippen LogP contribution in [0.4, 0.5) is 5.82 Å². The van der Waals surface area contributed by atoms with Gasteiger partial charge in [0, 0.05) is 23.5 Å². The van der Waals surface area contributed by atoms with E-state index < -0.39 is 0 Å². The van der Waals surface area contributed by atoms with Gasteiger partial charge in [0.2, 0.25) is 5.28 Å². The van der Waals surface area contributed by atoms with Gasteiger partial charge >= 0.3 is 0 Å². The van der Waals surface area contributed by atoms with Crippen molar-refractivity contribution in [3.63, 3.8) is 0 Å². The number of allylic oxidation sites excluding steroid dienone is 2. The maximum Gasteiger partial charge on any atom is 0.224 e. The number of hydrogen-bond acceptors (Lipinski definition) is 5. The zero-order chi connectivity index (χ0) is 12.3. The van der Waals surface area contributed by atoms with Crippen LogP contribution < -0.4 is 16.6 Å². The Morgan fingerprint density at radius 3 is 2.94 bits per heavy atom. The predicted molar refractivity (Wildman–Crippen MR) is 67.9 cm³/mol. The average molecular weight is 252 g/mol. The lowest BCUT2D eigenvalue weighted by molar-refractivity contribution is 0.786. The lowest BCUT2D eigenvalue weighted by atomic mass is 10.2. The molecule has 1 aliphatic carbocycles. The van der Waals surface area contributed by atoms with Gasteiger partial charge in [-0.15, -0.1) is 0 Å². The topological polar surface area (TPSA) is 75.9 Å². The van der Waals surface area contributed by atoms with E-state index in [9.17, 15) is 0 Å². The first-order valence-corrected chi connectivity index (χ1v) is 5.69. The molecule has 1 heterocycles. The fourth-order valence-corrected chi connectivity index (χ4v) is 1.61. The van der Waals surface area contributed by atoms with E-state index in [1.54, 1.807) is 12.3 Å². The van der Waals surface area contributed by atoms with Crippen LogP contribution in [0.5, 0.6) is 0 Å². The van der Waals surface area contributed by atoms with Gasteiger partial charge in [0.15, 0.2) is 0 Å². The van der Waals surface area contributed by atoms with E-state index >= 15 is 0 Å². The Hall–Kier alpha value is -1.59. The van der Waals surface area contributed by atoms with Gasteiger partial charge in [-0.05, 0) is 36.6 Å². The highest BCUT2D eigenvalue weighted by atomic mass is 35.5. The molecule has 0 aromatic carbocycles. The van der Waals surface area contributed by atoms with Crippen molar-refractivity contribution in [1.82, 2.24) is 15.4 Å². The average Bonchev–Trinajstić information content (AvgIpc) is 3.09. The van der Waals surface area contributed by atoms with Crippen molar-refractivity contribution in [2.45, 2.75) is 12.8 Å². The summed E-state index contributed by atoms with van der Waals surface area (Å²) >= 11 is 5.68. The molecule has 0 aliphatic heterocycles. The highest BCUT2D eigenvalue weighted by Gasteiger charge is 2.25. The minimum atomic E-state index is 0.200. The molecule has 0 bridgehead atoms. The Labute approximate surface area is 105 Å². The smallest absolute Gasteiger partial charge is 0.224 e. The van der Waals surface area contributed by atoms with Crippen molar-refractivity contribution in [3.05, 3.63) is 41.6 Å². The van der Waals surface area contributed by atoms with Gasteiger partial charge in [-0.2, -0.15) is 0 Å². The lowest BCUT2D eigenvalue weighted by Crippen LogP contribution is -2.22. The molecule has 5 nitrogen and oxygen atoms in total. The third-order valence-electron chi connectivity index (χ3n) is 2.43. The molecule has 0 saturated heterocycles. The maximum absolute atomic E-state index is 5.68. The molecule has 1 aromatic heterocycles. The van der Waals surface area contributed by atoms with Gasteiger partial charge in [0.1, 0.15) is 5.82 Å². The number of rotatable bonds is 5. The summed E-state index contributed by atoms with van der Waals surface area (Å²) in [7, 11) is 0. The number of nitrogens with one attached hydrogen (secondary N) is 2. The third kappa shape index (κ3) is 3.44. The van der Waals surface area contributed by atoms with E-state index in [2.05, 4.69) is 27.3 Å². The number of nitrogens with zero attached hydrogens (tertiary/aromatic N) is 2. The molecule has 6 heteroatoms. The minimum Gasteiger partial charge on any atom is -0.341 e. The van der Waals surface area contributed by atoms with Gasteiger partial charge in [0.05, 0.1) is 0 Å². The molecular weight excluding hydrogens is 238 g/mol. The van der Waals surface area contributed by atoms with E-state index in [0.29, 0.717) is 17.4 Å². The van der Waals surface area contributed by atoms with Crippen LogP contribution in [0.3, 0.4) is 0 Å². The summed E-state index contributed by atoms with van der Waals surface area (Å²) in [4.78, 5) is 7.81. The number of halogens is 1. The number of anilines is 1. The molecule has 1 aromatic rings. The largest absolute Gasteiger partial charge is 0.341 e. The monoisotopic (exact) mass is 251 g/mol. The summed E-state index contributed by atoms with van der Waals surface area (Å²) in [5.41, 5.74) is 4.39. The Morgan fingerprint density at radius 2 is 2.35 bits per heavy atom. The van der Waals surface area contributed by atoms with Crippen LogP contribution in [-0.4, -0.2) is 9.97 Å². The summed E-state index contributed by atoms with van der Waals surface area (Å²) in [6.45, 7) is 3.89. The number of nitrogens with two attached hydrogens (primary N) is 1. The third-order valence-corrected chi connectivity index (χ3v) is 2.61. The van der Waals surface area contributed by atoms with Crippen molar-refractivity contribution in [3.8, 4) is 0 Å². The van der Waals surface area contributed by atoms with Gasteiger partial charge in [-0.3, -0.25) is 5.84 Å². The van der Waals surface area contributed by atoms with Crippen LogP contribution in [0.2, 0.25) is 5.28 Å². The van der Waals surface area contributed by atoms with Gasteiger partial charge in [-0.1, -0.05) is 6.58 Å². The Bertz CT molecular complexity index is 453. The highest BCUT2D eigenvalue weighted by Crippen LogP contribution is 2.35. The first-order valence-electron chi connectivity index (χ1n) is 5.31. The summed E-state index contributed by atoms with van der Waals surface area (Å²) < 4.78 is 0. The SMILES string of the molecule is C=C(/C=C(\NN)C1CC1)Nc1ccnc(Cl)n1. The molecule has 1 aliphatic rings. The molecular formula is C11H14ClN5. The standard InChI is InChI=1S/C11H14ClN5/c1-7(6-9(17-13)8-2-3-8)15-10-4-5-14-11(12)16-10/h4-6,8,17H,1-3,13H2,(H,14,15,16)/b9-6-. The molecule has 1 fully saturated rings. The quantitative estimate of drug-likeness (QED) is 0.322. The highest BCUT2D eigenvalue weighted by molar-refractivity contribution is 6.28. The fraction of sp³-hybridized carbons (Fsp3) is 0.273. The van der Waals surface area contributed by atoms with Crippen LogP contribution in [0.1, 0.15) is 12.8 Å². The number of hydrazine groups is 1. The van der Waals surface area contributed by atoms with E-state index in [-0.39, 0.29) is 5.28 Å². The molecule has 90 valence electrons. The summed E-state index contributed by atoms with van der Waals surface area (Å²) in [5.74, 6) is 6.59. The van der Waals surface area contributed by atoms with Crippen LogP contribution >= 0.6 is 11.6 Å². The van der Waals surface area contributed by atoms with Crippen molar-refractivity contribution in [1.29, 1.82) is 0 Å². The second-order valence-electron chi connectivity index (χ2n) is 3.88. The predicted octanol–water partition coefficient (Wildman–Crippen LogP) is 1.81.